The van der Waals surface area contributed by atoms with E-state index in [-0.39, 0.29) is 19.3 Å². The van der Waals surface area contributed by atoms with Crippen LogP contribution < -0.4 is 0 Å². The number of carbonyl (C=O) groups excluding carboxylic acids is 3. The molecule has 1 aliphatic rings. The van der Waals surface area contributed by atoms with Crippen LogP contribution in [0.25, 0.3) is 0 Å². The average Bonchev–Trinajstić information content (AvgIpc) is 3.01. The molecule has 0 atom stereocenters. The number of hydrogen-bond acceptors (Lipinski definition) is 6. The van der Waals surface area contributed by atoms with E-state index in [1.165, 1.54) is 0 Å². The van der Waals surface area contributed by atoms with Crippen molar-refractivity contribution < 1.29 is 42.1 Å². The normalized spacial score (nSPS) is 13.6. The molecule has 0 amide bonds. The van der Waals surface area contributed by atoms with Crippen molar-refractivity contribution in [2.75, 3.05) is 0 Å². The van der Waals surface area contributed by atoms with E-state index in [0.717, 1.165) is 0 Å². The molecular weight excluding hydrogens is 312 g/mol. The molecule has 1 aliphatic carbocycles. The number of carbonyl (C=O) groups is 3. The summed E-state index contributed by atoms with van der Waals surface area (Å²) in [6, 6.07) is 0. The van der Waals surface area contributed by atoms with Crippen molar-refractivity contribution in [1.82, 2.24) is 0 Å². The van der Waals surface area contributed by atoms with Crippen molar-refractivity contribution in [3.8, 4) is 0 Å². The molecule has 0 N–H and O–H groups in total. The maximum absolute atomic E-state index is 11.7. The van der Waals surface area contributed by atoms with Gasteiger partial charge in [-0.3, -0.25) is 0 Å². The molecule has 0 aliphatic heterocycles. The second-order valence-electron chi connectivity index (χ2n) is 4.36. The van der Waals surface area contributed by atoms with Crippen molar-refractivity contribution >= 4 is 17.9 Å². The van der Waals surface area contributed by atoms with Crippen molar-refractivity contribution in [2.24, 2.45) is 0 Å². The predicted molar refractivity (Wildman–Crippen MR) is 71.0 cm³/mol. The Balaban J connectivity index is 3.14. The Kier molecular flexibility index (Phi) is 6.85. The second kappa shape index (κ2) is 8.15. The zero-order valence-electron chi connectivity index (χ0n) is 12.5. The van der Waals surface area contributed by atoms with Crippen LogP contribution in [-0.4, -0.2) is 17.9 Å². The van der Waals surface area contributed by atoms with E-state index >= 15 is 0 Å². The zero-order valence-corrected chi connectivity index (χ0v) is 14.1. The fourth-order valence-corrected chi connectivity index (χ4v) is 5.53. The summed E-state index contributed by atoms with van der Waals surface area (Å²) >= 11 is -4.48. The Morgan fingerprint density at radius 2 is 1.38 bits per heavy atom. The number of allylic oxidation sites excluding steroid dienone is 4. The maximum atomic E-state index is 11.7. The van der Waals surface area contributed by atoms with E-state index in [1.807, 2.05) is 6.08 Å². The molecule has 0 saturated carbocycles. The van der Waals surface area contributed by atoms with Crippen molar-refractivity contribution in [1.29, 1.82) is 0 Å². The van der Waals surface area contributed by atoms with E-state index < -0.39 is 35.7 Å². The Bertz CT molecular complexity index is 434. The van der Waals surface area contributed by atoms with Gasteiger partial charge in [-0.25, -0.2) is 0 Å². The second-order valence-corrected chi connectivity index (χ2v) is 8.06. The molecule has 0 unspecified atom stereocenters. The van der Waals surface area contributed by atoms with Gasteiger partial charge < -0.3 is 0 Å². The fraction of sp³-hybridized carbons (Fsp3) is 0.500. The first kappa shape index (κ1) is 17.7. The van der Waals surface area contributed by atoms with Crippen LogP contribution >= 0.6 is 0 Å². The summed E-state index contributed by atoms with van der Waals surface area (Å²) in [6.45, 7) is 4.87. The minimum absolute atomic E-state index is 0.112. The SMILES string of the molecule is CCC(=O)[O][Ti]([O]C(=O)CC)([O]C(=O)CC)[C]1=CC=CC1. The molecule has 0 aromatic carbocycles. The fourth-order valence-electron chi connectivity index (χ4n) is 1.60. The van der Waals surface area contributed by atoms with Crippen LogP contribution in [0, 0.1) is 0 Å². The third kappa shape index (κ3) is 4.83. The van der Waals surface area contributed by atoms with E-state index in [1.54, 1.807) is 32.9 Å². The van der Waals surface area contributed by atoms with Gasteiger partial charge in [-0.2, -0.15) is 0 Å². The first-order valence-electron chi connectivity index (χ1n) is 6.99. The molecule has 0 fully saturated rings. The molecular formula is C14H20O6Ti. The van der Waals surface area contributed by atoms with Gasteiger partial charge in [0, 0.05) is 0 Å². The molecule has 0 aromatic heterocycles. The topological polar surface area (TPSA) is 78.9 Å². The summed E-state index contributed by atoms with van der Waals surface area (Å²) in [5.74, 6) is -1.64. The zero-order chi connectivity index (χ0) is 15.9. The average molecular weight is 332 g/mol. The van der Waals surface area contributed by atoms with Gasteiger partial charge in [0.2, 0.25) is 0 Å². The molecule has 0 bridgehead atoms. The molecule has 116 valence electrons. The first-order chi connectivity index (χ1) is 9.97. The van der Waals surface area contributed by atoms with Gasteiger partial charge >= 0.3 is 129 Å². The summed E-state index contributed by atoms with van der Waals surface area (Å²) < 4.78 is 16.7. The molecule has 0 saturated heterocycles. The molecule has 0 heterocycles. The van der Waals surface area contributed by atoms with Crippen LogP contribution in [0.5, 0.6) is 0 Å². The Morgan fingerprint density at radius 3 is 1.67 bits per heavy atom. The van der Waals surface area contributed by atoms with Crippen molar-refractivity contribution in [2.45, 2.75) is 46.5 Å². The van der Waals surface area contributed by atoms with Crippen LogP contribution in [0.3, 0.4) is 0 Å². The van der Waals surface area contributed by atoms with E-state index in [0.29, 0.717) is 10.3 Å². The number of hydrogen-bond donors (Lipinski definition) is 0. The van der Waals surface area contributed by atoms with Crippen LogP contribution in [0.2, 0.25) is 0 Å². The van der Waals surface area contributed by atoms with Gasteiger partial charge in [0.15, 0.2) is 0 Å². The number of rotatable bonds is 7. The summed E-state index contributed by atoms with van der Waals surface area (Å²) in [7, 11) is 0. The van der Waals surface area contributed by atoms with Crippen molar-refractivity contribution in [3.63, 3.8) is 0 Å². The summed E-state index contributed by atoms with van der Waals surface area (Å²) in [5.41, 5.74) is 0. The molecule has 21 heavy (non-hydrogen) atoms. The van der Waals surface area contributed by atoms with E-state index in [2.05, 4.69) is 0 Å². The summed E-state index contributed by atoms with van der Waals surface area (Å²) in [5, 5.41) is 0. The molecule has 1 rings (SSSR count). The van der Waals surface area contributed by atoms with Gasteiger partial charge in [0.25, 0.3) is 0 Å². The van der Waals surface area contributed by atoms with Crippen LogP contribution in [-0.2, 0) is 42.1 Å². The molecule has 0 aromatic rings. The van der Waals surface area contributed by atoms with Crippen LogP contribution in [0.4, 0.5) is 0 Å². The Labute approximate surface area is 128 Å². The van der Waals surface area contributed by atoms with Gasteiger partial charge in [-0.1, -0.05) is 0 Å². The summed E-state index contributed by atoms with van der Waals surface area (Å²) in [4.78, 5) is 35.2. The van der Waals surface area contributed by atoms with Crippen LogP contribution in [0.1, 0.15) is 46.5 Å². The van der Waals surface area contributed by atoms with Crippen LogP contribution in [0.15, 0.2) is 22.1 Å². The first-order valence-corrected chi connectivity index (χ1v) is 9.68. The monoisotopic (exact) mass is 332 g/mol. The molecule has 0 radical (unpaired) electrons. The van der Waals surface area contributed by atoms with Gasteiger partial charge in [0.05, 0.1) is 0 Å². The summed E-state index contributed by atoms with van der Waals surface area (Å²) in [6.07, 6.45) is 6.06. The molecule has 7 heteroatoms. The quantitative estimate of drug-likeness (QED) is 0.667. The van der Waals surface area contributed by atoms with E-state index in [4.69, 9.17) is 9.96 Å². The molecule has 0 spiro atoms. The van der Waals surface area contributed by atoms with E-state index in [9.17, 15) is 14.4 Å². The Morgan fingerprint density at radius 1 is 0.952 bits per heavy atom. The molecule has 6 nitrogen and oxygen atoms in total. The predicted octanol–water partition coefficient (Wildman–Crippen LogP) is 2.59. The Hall–Kier alpha value is -1.40. The minimum atomic E-state index is -4.48. The third-order valence-electron chi connectivity index (χ3n) is 2.78. The van der Waals surface area contributed by atoms with Crippen molar-refractivity contribution in [3.05, 3.63) is 22.1 Å². The third-order valence-corrected chi connectivity index (χ3v) is 6.91. The van der Waals surface area contributed by atoms with Gasteiger partial charge in [0.1, 0.15) is 0 Å². The van der Waals surface area contributed by atoms with Gasteiger partial charge in [-0.05, 0) is 0 Å². The van der Waals surface area contributed by atoms with Gasteiger partial charge in [-0.15, -0.1) is 0 Å². The standard InChI is InChI=1S/C5H5.3C3H6O2.Ti/c1-2-4-5-3-1;3*1-2-3(4)5;/h1-3H,4H2;3*2H2,1H3,(H,4,5);/q;;;;+3/p-3.